The van der Waals surface area contributed by atoms with E-state index in [4.69, 9.17) is 9.26 Å². The van der Waals surface area contributed by atoms with Crippen molar-refractivity contribution in [3.05, 3.63) is 60.2 Å². The molecule has 0 radical (unpaired) electrons. The zero-order valence-electron chi connectivity index (χ0n) is 11.6. The summed E-state index contributed by atoms with van der Waals surface area (Å²) >= 11 is 0. The van der Waals surface area contributed by atoms with Crippen LogP contribution in [0.1, 0.15) is 5.56 Å². The Morgan fingerprint density at radius 3 is 2.52 bits per heavy atom. The Labute approximate surface area is 122 Å². The van der Waals surface area contributed by atoms with Crippen molar-refractivity contribution in [2.24, 2.45) is 0 Å². The van der Waals surface area contributed by atoms with Gasteiger partial charge in [-0.1, -0.05) is 47.6 Å². The summed E-state index contributed by atoms with van der Waals surface area (Å²) in [6, 6.07) is 17.9. The Bertz CT molecular complexity index is 693. The number of anilines is 1. The highest BCUT2D eigenvalue weighted by molar-refractivity contribution is 5.54. The molecule has 5 nitrogen and oxygen atoms in total. The second-order valence-electron chi connectivity index (χ2n) is 4.49. The van der Waals surface area contributed by atoms with Crippen molar-refractivity contribution in [3.63, 3.8) is 0 Å². The minimum atomic E-state index is 0.407. The fourth-order valence-electron chi connectivity index (χ4n) is 1.92. The number of nitrogens with one attached hydrogen (secondary N) is 1. The molecular weight excluding hydrogens is 266 g/mol. The van der Waals surface area contributed by atoms with Gasteiger partial charge in [-0.25, -0.2) is 0 Å². The van der Waals surface area contributed by atoms with Crippen LogP contribution >= 0.6 is 0 Å². The van der Waals surface area contributed by atoms with E-state index in [-0.39, 0.29) is 0 Å². The molecule has 0 aliphatic heterocycles. The predicted molar refractivity (Wildman–Crippen MR) is 80.1 cm³/mol. The molecule has 0 aliphatic carbocycles. The molecule has 0 saturated heterocycles. The smallest absolute Gasteiger partial charge is 0.322 e. The Balaban J connectivity index is 1.64. The Morgan fingerprint density at radius 1 is 1.05 bits per heavy atom. The monoisotopic (exact) mass is 281 g/mol. The number of aromatic nitrogens is 2. The Hall–Kier alpha value is -2.82. The van der Waals surface area contributed by atoms with Gasteiger partial charge in [0.05, 0.1) is 7.11 Å². The molecule has 0 bridgehead atoms. The van der Waals surface area contributed by atoms with Gasteiger partial charge in [0.25, 0.3) is 0 Å². The normalized spacial score (nSPS) is 10.3. The Morgan fingerprint density at radius 2 is 1.81 bits per heavy atom. The lowest BCUT2D eigenvalue weighted by atomic mass is 10.2. The third-order valence-corrected chi connectivity index (χ3v) is 3.06. The summed E-state index contributed by atoms with van der Waals surface area (Å²) in [7, 11) is 1.65. The number of rotatable bonds is 5. The highest BCUT2D eigenvalue weighted by Crippen LogP contribution is 2.17. The minimum Gasteiger partial charge on any atom is -0.497 e. The van der Waals surface area contributed by atoms with Gasteiger partial charge >= 0.3 is 6.01 Å². The fraction of sp³-hybridized carbons (Fsp3) is 0.125. The molecule has 0 atom stereocenters. The molecule has 3 rings (SSSR count). The van der Waals surface area contributed by atoms with Crippen LogP contribution in [-0.4, -0.2) is 17.3 Å². The number of hydrogen-bond acceptors (Lipinski definition) is 5. The third kappa shape index (κ3) is 3.20. The molecule has 0 fully saturated rings. The summed E-state index contributed by atoms with van der Waals surface area (Å²) in [6.07, 6.45) is 0. The zero-order chi connectivity index (χ0) is 14.5. The molecule has 1 aromatic heterocycles. The number of hydrogen-bond donors (Lipinski definition) is 1. The molecule has 3 aromatic rings. The van der Waals surface area contributed by atoms with Gasteiger partial charge in [-0.2, -0.15) is 4.98 Å². The first-order valence-corrected chi connectivity index (χ1v) is 6.61. The second kappa shape index (κ2) is 6.09. The van der Waals surface area contributed by atoms with Crippen LogP contribution in [0.5, 0.6) is 5.75 Å². The van der Waals surface area contributed by atoms with Crippen LogP contribution < -0.4 is 10.1 Å². The first-order chi connectivity index (χ1) is 10.3. The number of nitrogens with zero attached hydrogens (tertiary/aromatic N) is 2. The summed E-state index contributed by atoms with van der Waals surface area (Å²) in [5, 5.41) is 7.06. The predicted octanol–water partition coefficient (Wildman–Crippen LogP) is 3.36. The third-order valence-electron chi connectivity index (χ3n) is 3.06. The van der Waals surface area contributed by atoms with Crippen molar-refractivity contribution in [3.8, 4) is 17.1 Å². The fourth-order valence-corrected chi connectivity index (χ4v) is 1.92. The molecule has 0 saturated carbocycles. The van der Waals surface area contributed by atoms with Gasteiger partial charge in [0.2, 0.25) is 5.82 Å². The van der Waals surface area contributed by atoms with E-state index in [1.54, 1.807) is 7.11 Å². The minimum absolute atomic E-state index is 0.407. The van der Waals surface area contributed by atoms with Gasteiger partial charge in [-0.3, -0.25) is 0 Å². The van der Waals surface area contributed by atoms with Crippen molar-refractivity contribution < 1.29 is 9.26 Å². The molecule has 0 unspecified atom stereocenters. The van der Waals surface area contributed by atoms with Crippen LogP contribution in [-0.2, 0) is 6.54 Å². The van der Waals surface area contributed by atoms with Crippen LogP contribution in [0.25, 0.3) is 11.4 Å². The molecule has 106 valence electrons. The van der Waals surface area contributed by atoms with E-state index in [1.165, 1.54) is 0 Å². The van der Waals surface area contributed by atoms with Gasteiger partial charge in [-0.05, 0) is 17.7 Å². The van der Waals surface area contributed by atoms with Gasteiger partial charge in [0.1, 0.15) is 5.75 Å². The number of ether oxygens (including phenoxy) is 1. The molecule has 21 heavy (non-hydrogen) atoms. The molecule has 2 aromatic carbocycles. The van der Waals surface area contributed by atoms with E-state index in [0.29, 0.717) is 18.4 Å². The van der Waals surface area contributed by atoms with Gasteiger partial charge < -0.3 is 14.6 Å². The lowest BCUT2D eigenvalue weighted by Crippen LogP contribution is -1.99. The summed E-state index contributed by atoms with van der Waals surface area (Å²) < 4.78 is 10.3. The lowest BCUT2D eigenvalue weighted by Gasteiger charge is -2.03. The summed E-state index contributed by atoms with van der Waals surface area (Å²) in [5.74, 6) is 1.41. The number of methoxy groups -OCH3 is 1. The molecule has 1 heterocycles. The van der Waals surface area contributed by atoms with E-state index < -0.39 is 0 Å². The van der Waals surface area contributed by atoms with E-state index >= 15 is 0 Å². The quantitative estimate of drug-likeness (QED) is 0.777. The molecule has 5 heteroatoms. The number of benzene rings is 2. The lowest BCUT2D eigenvalue weighted by molar-refractivity contribution is 0.414. The highest BCUT2D eigenvalue weighted by atomic mass is 16.5. The molecular formula is C16H15N3O2. The summed E-state index contributed by atoms with van der Waals surface area (Å²) in [4.78, 5) is 4.32. The standard InChI is InChI=1S/C16H15N3O2/c1-20-14-9-7-12(8-10-14)11-17-16-18-15(19-21-16)13-5-3-2-4-6-13/h2-10H,11H2,1H3,(H,17,18,19). The van der Waals surface area contributed by atoms with Crippen molar-refractivity contribution in [2.75, 3.05) is 12.4 Å². The van der Waals surface area contributed by atoms with E-state index in [1.807, 2.05) is 54.6 Å². The van der Waals surface area contributed by atoms with Crippen LogP contribution in [0, 0.1) is 0 Å². The second-order valence-corrected chi connectivity index (χ2v) is 4.49. The summed E-state index contributed by atoms with van der Waals surface area (Å²) in [5.41, 5.74) is 2.04. The summed E-state index contributed by atoms with van der Waals surface area (Å²) in [6.45, 7) is 0.612. The average Bonchev–Trinajstić information content (AvgIpc) is 3.03. The van der Waals surface area contributed by atoms with Gasteiger partial charge in [0.15, 0.2) is 0 Å². The van der Waals surface area contributed by atoms with Crippen molar-refractivity contribution in [1.29, 1.82) is 0 Å². The zero-order valence-corrected chi connectivity index (χ0v) is 11.6. The maximum Gasteiger partial charge on any atom is 0.322 e. The van der Waals surface area contributed by atoms with Crippen LogP contribution in [0.15, 0.2) is 59.1 Å². The van der Waals surface area contributed by atoms with E-state index in [9.17, 15) is 0 Å². The molecule has 0 spiro atoms. The maximum atomic E-state index is 5.19. The van der Waals surface area contributed by atoms with Crippen LogP contribution in [0.3, 0.4) is 0 Å². The molecule has 0 amide bonds. The van der Waals surface area contributed by atoms with Crippen molar-refractivity contribution in [1.82, 2.24) is 10.1 Å². The van der Waals surface area contributed by atoms with Crippen LogP contribution in [0.2, 0.25) is 0 Å². The molecule has 0 aliphatic rings. The average molecular weight is 281 g/mol. The Kier molecular flexibility index (Phi) is 3.82. The SMILES string of the molecule is COc1ccc(CNc2nc(-c3ccccc3)no2)cc1. The topological polar surface area (TPSA) is 60.2 Å². The van der Waals surface area contributed by atoms with Crippen molar-refractivity contribution >= 4 is 6.01 Å². The maximum absolute atomic E-state index is 5.19. The van der Waals surface area contributed by atoms with Gasteiger partial charge in [0, 0.05) is 12.1 Å². The van der Waals surface area contributed by atoms with E-state index in [0.717, 1.165) is 16.9 Å². The van der Waals surface area contributed by atoms with Crippen molar-refractivity contribution in [2.45, 2.75) is 6.54 Å². The highest BCUT2D eigenvalue weighted by Gasteiger charge is 2.07. The van der Waals surface area contributed by atoms with Crippen LogP contribution in [0.4, 0.5) is 6.01 Å². The van der Waals surface area contributed by atoms with E-state index in [2.05, 4.69) is 15.5 Å². The van der Waals surface area contributed by atoms with Gasteiger partial charge in [-0.15, -0.1) is 0 Å². The largest absolute Gasteiger partial charge is 0.497 e. The first-order valence-electron chi connectivity index (χ1n) is 6.61. The first kappa shape index (κ1) is 13.2. The molecule has 1 N–H and O–H groups in total.